The first kappa shape index (κ1) is 18.6. The zero-order valence-electron chi connectivity index (χ0n) is 15.2. The number of carbonyl (C=O) groups excluding carboxylic acids is 2. The topological polar surface area (TPSA) is 65.1 Å². The summed E-state index contributed by atoms with van der Waals surface area (Å²) in [5, 5.41) is 0. The van der Waals surface area contributed by atoms with Crippen LogP contribution in [-0.2, 0) is 9.59 Å². The van der Waals surface area contributed by atoms with Crippen molar-refractivity contribution in [3.63, 3.8) is 0 Å². The molecule has 1 aliphatic rings. The summed E-state index contributed by atoms with van der Waals surface area (Å²) in [5.41, 5.74) is 2.37. The van der Waals surface area contributed by atoms with Crippen LogP contribution in [0.5, 0.6) is 17.2 Å². The fraction of sp³-hybridized carbons (Fsp3) is 0.368. The molecule has 2 rings (SSSR count). The van der Waals surface area contributed by atoms with E-state index in [4.69, 9.17) is 14.2 Å². The first-order chi connectivity index (χ1) is 11.9. The fourth-order valence-corrected chi connectivity index (χ4v) is 2.62. The molecule has 0 spiro atoms. The molecule has 1 aromatic rings. The lowest BCUT2D eigenvalue weighted by atomic mass is 10.0. The quantitative estimate of drug-likeness (QED) is 0.768. The lowest BCUT2D eigenvalue weighted by molar-refractivity contribution is -0.139. The summed E-state index contributed by atoms with van der Waals surface area (Å²) < 4.78 is 15.9. The van der Waals surface area contributed by atoms with Crippen LogP contribution in [0.4, 0.5) is 0 Å². The van der Waals surface area contributed by atoms with Gasteiger partial charge < -0.3 is 14.2 Å². The molecule has 6 nitrogen and oxygen atoms in total. The first-order valence-electron chi connectivity index (χ1n) is 7.93. The van der Waals surface area contributed by atoms with Gasteiger partial charge in [0.2, 0.25) is 5.75 Å². The highest BCUT2D eigenvalue weighted by Gasteiger charge is 2.25. The van der Waals surface area contributed by atoms with Crippen molar-refractivity contribution in [2.45, 2.75) is 20.3 Å². The van der Waals surface area contributed by atoms with Crippen molar-refractivity contribution in [3.05, 3.63) is 34.9 Å². The van der Waals surface area contributed by atoms with E-state index in [-0.39, 0.29) is 11.8 Å². The summed E-state index contributed by atoms with van der Waals surface area (Å²) in [4.78, 5) is 25.9. The molecule has 0 saturated carbocycles. The Labute approximate surface area is 147 Å². The van der Waals surface area contributed by atoms with Gasteiger partial charge in [-0.1, -0.05) is 5.57 Å². The lowest BCUT2D eigenvalue weighted by Gasteiger charge is -2.25. The number of ether oxygens (including phenoxy) is 3. The summed E-state index contributed by atoms with van der Waals surface area (Å²) in [6.07, 6.45) is 3.72. The SMILES string of the molecule is COc1cc(/C=C/C(=O)N2CCC(C)=C(C)C2=O)cc(OC)c1OC. The minimum Gasteiger partial charge on any atom is -0.493 e. The molecule has 0 atom stereocenters. The number of hydrogen-bond acceptors (Lipinski definition) is 5. The third-order valence-corrected chi connectivity index (χ3v) is 4.29. The predicted molar refractivity (Wildman–Crippen MR) is 94.8 cm³/mol. The predicted octanol–water partition coefficient (Wildman–Crippen LogP) is 2.82. The molecule has 0 fully saturated rings. The zero-order chi connectivity index (χ0) is 18.6. The van der Waals surface area contributed by atoms with E-state index in [1.165, 1.54) is 32.3 Å². The molecule has 1 heterocycles. The van der Waals surface area contributed by atoms with E-state index in [2.05, 4.69) is 0 Å². The van der Waals surface area contributed by atoms with E-state index in [0.29, 0.717) is 41.4 Å². The lowest BCUT2D eigenvalue weighted by Crippen LogP contribution is -2.40. The van der Waals surface area contributed by atoms with E-state index in [0.717, 1.165) is 5.57 Å². The van der Waals surface area contributed by atoms with Crippen molar-refractivity contribution in [1.29, 1.82) is 0 Å². The van der Waals surface area contributed by atoms with Crippen molar-refractivity contribution in [2.24, 2.45) is 0 Å². The smallest absolute Gasteiger partial charge is 0.256 e. The van der Waals surface area contributed by atoms with Crippen LogP contribution >= 0.6 is 0 Å². The number of hydrogen-bond donors (Lipinski definition) is 0. The highest BCUT2D eigenvalue weighted by atomic mass is 16.5. The highest BCUT2D eigenvalue weighted by molar-refractivity contribution is 6.09. The first-order valence-corrected chi connectivity index (χ1v) is 7.93. The van der Waals surface area contributed by atoms with Gasteiger partial charge in [-0.3, -0.25) is 14.5 Å². The Morgan fingerprint density at radius 2 is 1.68 bits per heavy atom. The second-order valence-corrected chi connectivity index (χ2v) is 5.74. The largest absolute Gasteiger partial charge is 0.493 e. The van der Waals surface area contributed by atoms with E-state index in [9.17, 15) is 9.59 Å². The molecule has 2 amide bonds. The average Bonchev–Trinajstić information content (AvgIpc) is 2.63. The fourth-order valence-electron chi connectivity index (χ4n) is 2.62. The molecule has 0 aliphatic carbocycles. The Morgan fingerprint density at radius 3 is 2.20 bits per heavy atom. The molecule has 0 unspecified atom stereocenters. The summed E-state index contributed by atoms with van der Waals surface area (Å²) in [5.74, 6) is 0.902. The van der Waals surface area contributed by atoms with Gasteiger partial charge in [0.1, 0.15) is 0 Å². The number of benzene rings is 1. The van der Waals surface area contributed by atoms with Gasteiger partial charge in [0.05, 0.1) is 21.3 Å². The second-order valence-electron chi connectivity index (χ2n) is 5.74. The molecule has 0 N–H and O–H groups in total. The maximum absolute atomic E-state index is 12.4. The van der Waals surface area contributed by atoms with E-state index < -0.39 is 0 Å². The molecule has 1 aromatic carbocycles. The Kier molecular flexibility index (Phi) is 5.85. The van der Waals surface area contributed by atoms with Crippen LogP contribution in [0, 0.1) is 0 Å². The van der Waals surface area contributed by atoms with Crippen LogP contribution in [0.15, 0.2) is 29.4 Å². The molecule has 134 valence electrons. The molecular weight excluding hydrogens is 322 g/mol. The minimum absolute atomic E-state index is 0.233. The maximum Gasteiger partial charge on any atom is 0.256 e. The molecule has 0 radical (unpaired) electrons. The maximum atomic E-state index is 12.4. The van der Waals surface area contributed by atoms with Gasteiger partial charge in [-0.05, 0) is 44.0 Å². The molecule has 1 aliphatic heterocycles. The van der Waals surface area contributed by atoms with Gasteiger partial charge in [0.25, 0.3) is 11.8 Å². The standard InChI is InChI=1S/C19H23NO5/c1-12-8-9-20(19(22)13(12)2)17(21)7-6-14-10-15(23-3)18(25-5)16(11-14)24-4/h6-7,10-11H,8-9H2,1-5H3/b7-6+. The molecular formula is C19H23NO5. The number of amides is 2. The normalized spacial score (nSPS) is 14.9. The van der Waals surface area contributed by atoms with Gasteiger partial charge in [-0.2, -0.15) is 0 Å². The minimum atomic E-state index is -0.342. The van der Waals surface area contributed by atoms with E-state index in [1.54, 1.807) is 25.1 Å². The number of rotatable bonds is 5. The van der Waals surface area contributed by atoms with Crippen molar-refractivity contribution in [2.75, 3.05) is 27.9 Å². The highest BCUT2D eigenvalue weighted by Crippen LogP contribution is 2.38. The van der Waals surface area contributed by atoms with Gasteiger partial charge in [-0.15, -0.1) is 0 Å². The van der Waals surface area contributed by atoms with Crippen molar-refractivity contribution < 1.29 is 23.8 Å². The molecule has 6 heteroatoms. The Balaban J connectivity index is 2.24. The van der Waals surface area contributed by atoms with E-state index >= 15 is 0 Å². The molecule has 25 heavy (non-hydrogen) atoms. The van der Waals surface area contributed by atoms with Crippen LogP contribution in [0.3, 0.4) is 0 Å². The van der Waals surface area contributed by atoms with E-state index in [1.807, 2.05) is 6.92 Å². The summed E-state index contributed by atoms with van der Waals surface area (Å²) in [6.45, 7) is 4.07. The van der Waals surface area contributed by atoms with Crippen molar-refractivity contribution in [1.82, 2.24) is 4.90 Å². The number of imide groups is 1. The molecule has 0 aromatic heterocycles. The van der Waals surface area contributed by atoms with Crippen LogP contribution in [-0.4, -0.2) is 44.6 Å². The van der Waals surface area contributed by atoms with Crippen LogP contribution in [0.1, 0.15) is 25.8 Å². The van der Waals surface area contributed by atoms with Crippen molar-refractivity contribution >= 4 is 17.9 Å². The molecule has 0 saturated heterocycles. The van der Waals surface area contributed by atoms with Gasteiger partial charge in [-0.25, -0.2) is 0 Å². The summed E-state index contributed by atoms with van der Waals surface area (Å²) in [7, 11) is 4.58. The number of nitrogens with zero attached hydrogens (tertiary/aromatic N) is 1. The zero-order valence-corrected chi connectivity index (χ0v) is 15.2. The third-order valence-electron chi connectivity index (χ3n) is 4.29. The van der Waals surface area contributed by atoms with Crippen LogP contribution in [0.2, 0.25) is 0 Å². The third kappa shape index (κ3) is 3.84. The summed E-state index contributed by atoms with van der Waals surface area (Å²) in [6, 6.07) is 3.47. The Hall–Kier alpha value is -2.76. The van der Waals surface area contributed by atoms with Gasteiger partial charge >= 0.3 is 0 Å². The second kappa shape index (κ2) is 7.88. The Bertz CT molecular complexity index is 723. The van der Waals surface area contributed by atoms with Crippen LogP contribution < -0.4 is 14.2 Å². The van der Waals surface area contributed by atoms with Gasteiger partial charge in [0, 0.05) is 18.2 Å². The summed E-state index contributed by atoms with van der Waals surface area (Å²) >= 11 is 0. The monoisotopic (exact) mass is 345 g/mol. The molecule has 0 bridgehead atoms. The van der Waals surface area contributed by atoms with Gasteiger partial charge in [0.15, 0.2) is 11.5 Å². The number of carbonyl (C=O) groups is 2. The van der Waals surface area contributed by atoms with Crippen molar-refractivity contribution in [3.8, 4) is 17.2 Å². The van der Waals surface area contributed by atoms with Crippen LogP contribution in [0.25, 0.3) is 6.08 Å². The Morgan fingerprint density at radius 1 is 1.08 bits per heavy atom. The number of methoxy groups -OCH3 is 3. The average molecular weight is 345 g/mol.